The van der Waals surface area contributed by atoms with Crippen LogP contribution in [-0.2, 0) is 4.74 Å². The summed E-state index contributed by atoms with van der Waals surface area (Å²) in [5.41, 5.74) is 0.662. The lowest BCUT2D eigenvalue weighted by atomic mass is 10.1. The molecule has 0 spiro atoms. The van der Waals surface area contributed by atoms with E-state index in [0.717, 1.165) is 10.8 Å². The number of hydrogen-bond donors (Lipinski definition) is 0. The van der Waals surface area contributed by atoms with Crippen LogP contribution in [-0.4, -0.2) is 11.0 Å². The molecule has 0 N–H and O–H groups in total. The Labute approximate surface area is 97.8 Å². The Balaban J connectivity index is 2.73. The molecule has 0 radical (unpaired) electrons. The minimum absolute atomic E-state index is 0.114. The number of alkyl halides is 1. The van der Waals surface area contributed by atoms with Crippen LogP contribution in [0.5, 0.6) is 0 Å². The summed E-state index contributed by atoms with van der Waals surface area (Å²) in [6.45, 7) is 2.73. The predicted octanol–water partition coefficient (Wildman–Crippen LogP) is 3.73. The summed E-state index contributed by atoms with van der Waals surface area (Å²) in [7, 11) is 0. The molecule has 0 aliphatic heterocycles. The van der Waals surface area contributed by atoms with Gasteiger partial charge in [0.05, 0.1) is 6.10 Å². The standard InChI is InChI=1S/C11H14FIO/c1-2-7-14-11(8-13)9-5-3-4-6-10(9)12/h3-6,11H,2,7-8H2,1H3. The van der Waals surface area contributed by atoms with Crippen molar-refractivity contribution in [1.82, 2.24) is 0 Å². The maximum absolute atomic E-state index is 13.4. The fourth-order valence-electron chi connectivity index (χ4n) is 1.21. The van der Waals surface area contributed by atoms with Crippen molar-refractivity contribution < 1.29 is 9.13 Å². The zero-order valence-electron chi connectivity index (χ0n) is 8.17. The highest BCUT2D eigenvalue weighted by Gasteiger charge is 2.13. The highest BCUT2D eigenvalue weighted by molar-refractivity contribution is 14.1. The lowest BCUT2D eigenvalue weighted by Gasteiger charge is -2.15. The Morgan fingerprint density at radius 2 is 2.14 bits per heavy atom. The number of ether oxygens (including phenoxy) is 1. The van der Waals surface area contributed by atoms with Crippen LogP contribution in [0.15, 0.2) is 24.3 Å². The lowest BCUT2D eigenvalue weighted by molar-refractivity contribution is 0.0691. The molecule has 1 atom stereocenters. The molecule has 1 aromatic carbocycles. The van der Waals surface area contributed by atoms with Crippen LogP contribution in [0.2, 0.25) is 0 Å². The molecule has 0 bridgehead atoms. The molecular formula is C11H14FIO. The van der Waals surface area contributed by atoms with Gasteiger partial charge in [0, 0.05) is 16.6 Å². The zero-order valence-corrected chi connectivity index (χ0v) is 10.3. The number of halogens is 2. The third-order valence-corrected chi connectivity index (χ3v) is 2.72. The third-order valence-electron chi connectivity index (χ3n) is 1.92. The molecule has 1 aromatic rings. The fourth-order valence-corrected chi connectivity index (χ4v) is 1.94. The Bertz CT molecular complexity index is 278. The van der Waals surface area contributed by atoms with E-state index in [4.69, 9.17) is 4.74 Å². The minimum atomic E-state index is -0.176. The molecule has 0 saturated carbocycles. The Hall–Kier alpha value is -0.160. The number of hydrogen-bond acceptors (Lipinski definition) is 1. The zero-order chi connectivity index (χ0) is 10.4. The third kappa shape index (κ3) is 3.20. The molecule has 0 aliphatic rings. The maximum atomic E-state index is 13.4. The van der Waals surface area contributed by atoms with Gasteiger partial charge >= 0.3 is 0 Å². The molecule has 78 valence electrons. The van der Waals surface area contributed by atoms with Gasteiger partial charge in [-0.15, -0.1) is 0 Å². The fraction of sp³-hybridized carbons (Fsp3) is 0.455. The Kier molecular flexibility index (Phi) is 5.40. The molecule has 0 fully saturated rings. The first-order valence-electron chi connectivity index (χ1n) is 4.71. The number of rotatable bonds is 5. The van der Waals surface area contributed by atoms with Gasteiger partial charge < -0.3 is 4.74 Å². The van der Waals surface area contributed by atoms with E-state index in [1.54, 1.807) is 12.1 Å². The molecule has 1 rings (SSSR count). The van der Waals surface area contributed by atoms with E-state index in [9.17, 15) is 4.39 Å². The van der Waals surface area contributed by atoms with E-state index in [-0.39, 0.29) is 11.9 Å². The molecule has 0 saturated heterocycles. The quantitative estimate of drug-likeness (QED) is 0.595. The van der Waals surface area contributed by atoms with Crippen LogP contribution in [0.4, 0.5) is 4.39 Å². The summed E-state index contributed by atoms with van der Waals surface area (Å²) in [5, 5.41) is 0. The van der Waals surface area contributed by atoms with Gasteiger partial charge in [0.1, 0.15) is 5.82 Å². The highest BCUT2D eigenvalue weighted by Crippen LogP contribution is 2.22. The SMILES string of the molecule is CCCOC(CI)c1ccccc1F. The van der Waals surface area contributed by atoms with Crippen molar-refractivity contribution in [3.05, 3.63) is 35.6 Å². The van der Waals surface area contributed by atoms with Crippen molar-refractivity contribution >= 4 is 22.6 Å². The van der Waals surface area contributed by atoms with Crippen LogP contribution in [0.1, 0.15) is 25.0 Å². The average molecular weight is 308 g/mol. The summed E-state index contributed by atoms with van der Waals surface area (Å²) in [5.74, 6) is -0.176. The Morgan fingerprint density at radius 1 is 1.43 bits per heavy atom. The van der Waals surface area contributed by atoms with Crippen molar-refractivity contribution in [3.63, 3.8) is 0 Å². The van der Waals surface area contributed by atoms with Gasteiger partial charge in [-0.2, -0.15) is 0 Å². The van der Waals surface area contributed by atoms with Crippen molar-refractivity contribution in [2.24, 2.45) is 0 Å². The normalized spacial score (nSPS) is 12.8. The average Bonchev–Trinajstić information content (AvgIpc) is 2.21. The maximum Gasteiger partial charge on any atom is 0.129 e. The van der Waals surface area contributed by atoms with Crippen LogP contribution >= 0.6 is 22.6 Å². The molecule has 0 amide bonds. The monoisotopic (exact) mass is 308 g/mol. The van der Waals surface area contributed by atoms with Gasteiger partial charge in [-0.3, -0.25) is 0 Å². The molecule has 1 unspecified atom stereocenters. The first-order valence-corrected chi connectivity index (χ1v) is 6.24. The van der Waals surface area contributed by atoms with Crippen LogP contribution in [0.25, 0.3) is 0 Å². The van der Waals surface area contributed by atoms with Crippen molar-refractivity contribution in [2.75, 3.05) is 11.0 Å². The van der Waals surface area contributed by atoms with E-state index in [2.05, 4.69) is 22.6 Å². The second-order valence-corrected chi connectivity index (χ2v) is 3.92. The molecule has 3 heteroatoms. The molecule has 1 nitrogen and oxygen atoms in total. The van der Waals surface area contributed by atoms with Gasteiger partial charge in [0.2, 0.25) is 0 Å². The van der Waals surface area contributed by atoms with Gasteiger partial charge in [-0.05, 0) is 12.5 Å². The van der Waals surface area contributed by atoms with E-state index < -0.39 is 0 Å². The van der Waals surface area contributed by atoms with E-state index in [1.807, 2.05) is 13.0 Å². The molecule has 0 aromatic heterocycles. The van der Waals surface area contributed by atoms with Gasteiger partial charge in [-0.25, -0.2) is 4.39 Å². The molecule has 0 aliphatic carbocycles. The summed E-state index contributed by atoms with van der Waals surface area (Å²) >= 11 is 2.22. The predicted molar refractivity (Wildman–Crippen MR) is 64.3 cm³/mol. The molecular weight excluding hydrogens is 294 g/mol. The van der Waals surface area contributed by atoms with Gasteiger partial charge in [0.25, 0.3) is 0 Å². The van der Waals surface area contributed by atoms with Crippen LogP contribution < -0.4 is 0 Å². The lowest BCUT2D eigenvalue weighted by Crippen LogP contribution is -2.08. The topological polar surface area (TPSA) is 9.23 Å². The summed E-state index contributed by atoms with van der Waals surface area (Å²) in [6.07, 6.45) is 0.846. The summed E-state index contributed by atoms with van der Waals surface area (Å²) in [6, 6.07) is 6.80. The van der Waals surface area contributed by atoms with E-state index in [0.29, 0.717) is 12.2 Å². The van der Waals surface area contributed by atoms with Crippen molar-refractivity contribution in [1.29, 1.82) is 0 Å². The minimum Gasteiger partial charge on any atom is -0.373 e. The highest BCUT2D eigenvalue weighted by atomic mass is 127. The van der Waals surface area contributed by atoms with E-state index >= 15 is 0 Å². The van der Waals surface area contributed by atoms with Crippen LogP contribution in [0.3, 0.4) is 0 Å². The van der Waals surface area contributed by atoms with Gasteiger partial charge in [0.15, 0.2) is 0 Å². The second kappa shape index (κ2) is 6.35. The first-order chi connectivity index (χ1) is 6.79. The first kappa shape index (κ1) is 11.9. The number of benzene rings is 1. The molecule has 0 heterocycles. The van der Waals surface area contributed by atoms with Crippen molar-refractivity contribution in [3.8, 4) is 0 Å². The van der Waals surface area contributed by atoms with Crippen molar-refractivity contribution in [2.45, 2.75) is 19.4 Å². The smallest absolute Gasteiger partial charge is 0.129 e. The van der Waals surface area contributed by atoms with Gasteiger partial charge in [-0.1, -0.05) is 47.7 Å². The second-order valence-electron chi connectivity index (χ2n) is 3.04. The largest absolute Gasteiger partial charge is 0.373 e. The van der Waals surface area contributed by atoms with Crippen LogP contribution in [0, 0.1) is 5.82 Å². The van der Waals surface area contributed by atoms with E-state index in [1.165, 1.54) is 6.07 Å². The Morgan fingerprint density at radius 3 is 2.71 bits per heavy atom. The summed E-state index contributed by atoms with van der Waals surface area (Å²) < 4.78 is 19.7. The molecule has 14 heavy (non-hydrogen) atoms. The summed E-state index contributed by atoms with van der Waals surface area (Å²) in [4.78, 5) is 0.